The average molecular weight is 441 g/mol. The Morgan fingerprint density at radius 3 is 2.52 bits per heavy atom. The van der Waals surface area contributed by atoms with Gasteiger partial charge in [0.05, 0.1) is 24.9 Å². The van der Waals surface area contributed by atoms with Crippen molar-refractivity contribution in [3.63, 3.8) is 0 Å². The largest absolute Gasteiger partial charge is 0.496 e. The first-order valence-electron chi connectivity index (χ1n) is 10.7. The van der Waals surface area contributed by atoms with Crippen LogP contribution in [0.3, 0.4) is 0 Å². The van der Waals surface area contributed by atoms with Crippen LogP contribution in [0.15, 0.2) is 77.6 Å². The van der Waals surface area contributed by atoms with Gasteiger partial charge in [-0.1, -0.05) is 66.2 Å². The number of benzene rings is 3. The van der Waals surface area contributed by atoms with E-state index < -0.39 is 0 Å². The highest BCUT2D eigenvalue weighted by molar-refractivity contribution is 5.84. The molecule has 0 radical (unpaired) electrons. The van der Waals surface area contributed by atoms with Crippen LogP contribution < -0.4 is 10.3 Å². The summed E-state index contributed by atoms with van der Waals surface area (Å²) >= 11 is 0. The molecule has 166 valence electrons. The number of aromatic nitrogens is 2. The van der Waals surface area contributed by atoms with Crippen molar-refractivity contribution in [2.45, 2.75) is 20.4 Å². The van der Waals surface area contributed by atoms with Crippen molar-refractivity contribution in [1.82, 2.24) is 9.78 Å². The summed E-state index contributed by atoms with van der Waals surface area (Å²) in [6, 6.07) is 21.8. The molecule has 0 aliphatic rings. The van der Waals surface area contributed by atoms with Gasteiger partial charge in [-0.25, -0.2) is 9.07 Å². The molecule has 0 amide bonds. The minimum Gasteiger partial charge on any atom is -0.496 e. The molecule has 0 aliphatic carbocycles. The van der Waals surface area contributed by atoms with Gasteiger partial charge in [-0.3, -0.25) is 4.79 Å². The number of ether oxygens (including phenoxy) is 1. The zero-order chi connectivity index (χ0) is 23.4. The number of hydrogen-bond donors (Lipinski definition) is 0. The Labute approximate surface area is 192 Å². The second-order valence-corrected chi connectivity index (χ2v) is 7.91. The van der Waals surface area contributed by atoms with Gasteiger partial charge in [0.15, 0.2) is 0 Å². The van der Waals surface area contributed by atoms with Crippen LogP contribution in [0.1, 0.15) is 27.9 Å². The predicted molar refractivity (Wildman–Crippen MR) is 131 cm³/mol. The van der Waals surface area contributed by atoms with Crippen molar-refractivity contribution < 1.29 is 9.13 Å². The zero-order valence-electron chi connectivity index (χ0n) is 18.9. The van der Waals surface area contributed by atoms with Gasteiger partial charge in [-0.05, 0) is 49.2 Å². The van der Waals surface area contributed by atoms with Crippen LogP contribution in [0.5, 0.6) is 5.75 Å². The third-order valence-electron chi connectivity index (χ3n) is 5.45. The molecule has 0 atom stereocenters. The van der Waals surface area contributed by atoms with Crippen molar-refractivity contribution in [2.24, 2.45) is 0 Å². The lowest BCUT2D eigenvalue weighted by Gasteiger charge is -2.16. The Kier molecular flexibility index (Phi) is 6.50. The van der Waals surface area contributed by atoms with E-state index >= 15 is 0 Å². The molecule has 4 aromatic rings. The smallest absolute Gasteiger partial charge is 0.274 e. The first-order chi connectivity index (χ1) is 16.0. The van der Waals surface area contributed by atoms with Gasteiger partial charge in [0.2, 0.25) is 0 Å². The van der Waals surface area contributed by atoms with E-state index in [0.29, 0.717) is 34.7 Å². The normalized spacial score (nSPS) is 11.2. The van der Waals surface area contributed by atoms with Gasteiger partial charge in [0.1, 0.15) is 11.6 Å². The number of para-hydroxylation sites is 1. The second kappa shape index (κ2) is 9.65. The summed E-state index contributed by atoms with van der Waals surface area (Å²) in [5, 5.41) is 4.63. The molecule has 0 unspecified atom stereocenters. The standard InChI is InChI=1S/C28H25FN2O2/c1-19-8-6-10-22(16-19)18-31-28(32)25(15-14-21-9-7-11-23(29)17-21)27(20(2)30-31)24-12-4-5-13-26(24)33-3/h4-17H,18H2,1-3H3/b15-14+. The highest BCUT2D eigenvalue weighted by atomic mass is 19.1. The third kappa shape index (κ3) is 4.93. The molecule has 5 heteroatoms. The lowest BCUT2D eigenvalue weighted by atomic mass is 9.97. The quantitative estimate of drug-likeness (QED) is 0.375. The SMILES string of the molecule is COc1ccccc1-c1c(C)nn(Cc2cccc(C)c2)c(=O)c1/C=C/c1cccc(F)c1. The lowest BCUT2D eigenvalue weighted by Crippen LogP contribution is -2.27. The maximum atomic E-state index is 13.7. The van der Waals surface area contributed by atoms with Crippen molar-refractivity contribution in [1.29, 1.82) is 0 Å². The number of hydrogen-bond acceptors (Lipinski definition) is 3. The summed E-state index contributed by atoms with van der Waals surface area (Å²) in [6.45, 7) is 4.25. The summed E-state index contributed by atoms with van der Waals surface area (Å²) in [5.41, 5.74) is 5.21. The number of halogens is 1. The fraction of sp³-hybridized carbons (Fsp3) is 0.143. The van der Waals surface area contributed by atoms with Crippen molar-refractivity contribution >= 4 is 12.2 Å². The fourth-order valence-corrected chi connectivity index (χ4v) is 3.94. The van der Waals surface area contributed by atoms with E-state index in [4.69, 9.17) is 4.74 Å². The molecule has 0 saturated heterocycles. The lowest BCUT2D eigenvalue weighted by molar-refractivity contribution is 0.416. The third-order valence-corrected chi connectivity index (χ3v) is 5.45. The van der Waals surface area contributed by atoms with Crippen molar-refractivity contribution in [2.75, 3.05) is 7.11 Å². The maximum absolute atomic E-state index is 13.7. The van der Waals surface area contributed by atoms with E-state index in [2.05, 4.69) is 5.10 Å². The van der Waals surface area contributed by atoms with Gasteiger partial charge in [0, 0.05) is 11.1 Å². The zero-order valence-corrected chi connectivity index (χ0v) is 18.9. The van der Waals surface area contributed by atoms with Crippen LogP contribution in [0.4, 0.5) is 4.39 Å². The molecule has 1 aromatic heterocycles. The second-order valence-electron chi connectivity index (χ2n) is 7.91. The van der Waals surface area contributed by atoms with Crippen molar-refractivity contribution in [3.05, 3.63) is 117 Å². The Bertz CT molecular complexity index is 1390. The van der Waals surface area contributed by atoms with Crippen LogP contribution in [0, 0.1) is 19.7 Å². The molecule has 0 saturated carbocycles. The number of aryl methyl sites for hydroxylation is 2. The van der Waals surface area contributed by atoms with E-state index in [1.807, 2.05) is 62.4 Å². The first kappa shape index (κ1) is 22.2. The Hall–Kier alpha value is -3.99. The highest BCUT2D eigenvalue weighted by Gasteiger charge is 2.18. The fourth-order valence-electron chi connectivity index (χ4n) is 3.94. The van der Waals surface area contributed by atoms with Gasteiger partial charge in [0.25, 0.3) is 5.56 Å². The van der Waals surface area contributed by atoms with Gasteiger partial charge in [-0.2, -0.15) is 5.10 Å². The Morgan fingerprint density at radius 1 is 0.970 bits per heavy atom. The minimum absolute atomic E-state index is 0.226. The number of nitrogens with zero attached hydrogens (tertiary/aromatic N) is 2. The molecule has 4 rings (SSSR count). The molecular formula is C28H25FN2O2. The average Bonchev–Trinajstić information content (AvgIpc) is 2.80. The van der Waals surface area contributed by atoms with Crippen LogP contribution in [0.25, 0.3) is 23.3 Å². The minimum atomic E-state index is -0.329. The molecule has 33 heavy (non-hydrogen) atoms. The number of rotatable bonds is 6. The molecule has 0 fully saturated rings. The van der Waals surface area contributed by atoms with Crippen LogP contribution in [0.2, 0.25) is 0 Å². The van der Waals surface area contributed by atoms with E-state index in [1.165, 1.54) is 16.8 Å². The van der Waals surface area contributed by atoms with Crippen molar-refractivity contribution in [3.8, 4) is 16.9 Å². The molecule has 0 aliphatic heterocycles. The molecule has 4 nitrogen and oxygen atoms in total. The van der Waals surface area contributed by atoms with E-state index in [1.54, 1.807) is 31.4 Å². The summed E-state index contributed by atoms with van der Waals surface area (Å²) < 4.78 is 20.7. The van der Waals surface area contributed by atoms with Gasteiger partial charge in [-0.15, -0.1) is 0 Å². The summed E-state index contributed by atoms with van der Waals surface area (Å²) in [4.78, 5) is 13.6. The summed E-state index contributed by atoms with van der Waals surface area (Å²) in [5.74, 6) is 0.323. The molecule has 1 heterocycles. The van der Waals surface area contributed by atoms with Crippen LogP contribution in [-0.4, -0.2) is 16.9 Å². The monoisotopic (exact) mass is 440 g/mol. The summed E-state index contributed by atoms with van der Waals surface area (Å²) in [6.07, 6.45) is 3.48. The van der Waals surface area contributed by atoms with E-state index in [-0.39, 0.29) is 11.4 Å². The van der Waals surface area contributed by atoms with Gasteiger partial charge >= 0.3 is 0 Å². The first-order valence-corrected chi connectivity index (χ1v) is 10.7. The Balaban J connectivity index is 1.90. The molecule has 0 bridgehead atoms. The summed E-state index contributed by atoms with van der Waals surface area (Å²) in [7, 11) is 1.60. The van der Waals surface area contributed by atoms with Gasteiger partial charge < -0.3 is 4.74 Å². The van der Waals surface area contributed by atoms with Crippen LogP contribution >= 0.6 is 0 Å². The van der Waals surface area contributed by atoms with E-state index in [9.17, 15) is 9.18 Å². The maximum Gasteiger partial charge on any atom is 0.274 e. The highest BCUT2D eigenvalue weighted by Crippen LogP contribution is 2.33. The topological polar surface area (TPSA) is 44.1 Å². The van der Waals surface area contributed by atoms with Crippen LogP contribution in [-0.2, 0) is 6.54 Å². The number of methoxy groups -OCH3 is 1. The molecular weight excluding hydrogens is 415 g/mol. The molecule has 0 N–H and O–H groups in total. The Morgan fingerprint density at radius 2 is 1.76 bits per heavy atom. The van der Waals surface area contributed by atoms with E-state index in [0.717, 1.165) is 16.7 Å². The molecule has 3 aromatic carbocycles. The molecule has 0 spiro atoms. The predicted octanol–water partition coefficient (Wildman–Crippen LogP) is 5.89.